The van der Waals surface area contributed by atoms with Crippen LogP contribution in [0.5, 0.6) is 0 Å². The minimum atomic E-state index is -0.0723. The normalized spacial score (nSPS) is 15.0. The van der Waals surface area contributed by atoms with Crippen LogP contribution in [0.15, 0.2) is 30.6 Å². The van der Waals surface area contributed by atoms with E-state index < -0.39 is 0 Å². The predicted octanol–water partition coefficient (Wildman–Crippen LogP) is 0.750. The van der Waals surface area contributed by atoms with Crippen molar-refractivity contribution in [2.24, 2.45) is 0 Å². The maximum absolute atomic E-state index is 12.1. The van der Waals surface area contributed by atoms with E-state index in [1.807, 2.05) is 35.0 Å². The van der Waals surface area contributed by atoms with Crippen molar-refractivity contribution in [1.82, 2.24) is 24.5 Å². The van der Waals surface area contributed by atoms with Crippen LogP contribution in [-0.2, 0) is 11.2 Å². The van der Waals surface area contributed by atoms with Gasteiger partial charge in [-0.1, -0.05) is 6.07 Å². The summed E-state index contributed by atoms with van der Waals surface area (Å²) in [5.74, 6) is 0.0666. The molecular weight excluding hydrogens is 294 g/mol. The predicted molar refractivity (Wildman–Crippen MR) is 86.1 cm³/mol. The Balaban J connectivity index is 1.45. The zero-order valence-electron chi connectivity index (χ0n) is 13.2. The first-order valence-corrected chi connectivity index (χ1v) is 7.84. The second kappa shape index (κ2) is 6.68. The Morgan fingerprint density at radius 2 is 1.91 bits per heavy atom. The number of piperazine rings is 1. The molecule has 1 aliphatic rings. The number of urea groups is 1. The number of rotatable bonds is 3. The zero-order chi connectivity index (χ0) is 16.2. The molecule has 7 heteroatoms. The lowest BCUT2D eigenvalue weighted by atomic mass is 10.3. The number of fused-ring (bicyclic) bond motifs is 1. The number of carbonyl (C=O) groups is 2. The highest BCUT2D eigenvalue weighted by molar-refractivity contribution is 5.76. The molecule has 0 aromatic carbocycles. The van der Waals surface area contributed by atoms with E-state index in [0.29, 0.717) is 39.1 Å². The third-order valence-electron chi connectivity index (χ3n) is 4.08. The molecule has 1 saturated heterocycles. The minimum absolute atomic E-state index is 0.0666. The molecule has 0 spiro atoms. The molecule has 1 aliphatic heterocycles. The maximum atomic E-state index is 12.1. The molecule has 1 N–H and O–H groups in total. The second-order valence-corrected chi connectivity index (χ2v) is 5.67. The molecule has 0 saturated carbocycles. The molecule has 3 rings (SSSR count). The highest BCUT2D eigenvalue weighted by Crippen LogP contribution is 2.05. The summed E-state index contributed by atoms with van der Waals surface area (Å²) in [5, 5.41) is 2.92. The van der Waals surface area contributed by atoms with Gasteiger partial charge in [0.25, 0.3) is 0 Å². The Bertz CT molecular complexity index is 670. The maximum Gasteiger partial charge on any atom is 0.317 e. The average molecular weight is 315 g/mol. The molecule has 0 radical (unpaired) electrons. The van der Waals surface area contributed by atoms with Gasteiger partial charge in [0.05, 0.1) is 5.69 Å². The van der Waals surface area contributed by atoms with Crippen molar-refractivity contribution in [3.8, 4) is 0 Å². The summed E-state index contributed by atoms with van der Waals surface area (Å²) in [5.41, 5.74) is 1.87. The van der Waals surface area contributed by atoms with E-state index in [-0.39, 0.29) is 11.9 Å². The third kappa shape index (κ3) is 3.61. The molecule has 2 aromatic rings. The molecule has 23 heavy (non-hydrogen) atoms. The Hall–Kier alpha value is -2.57. The standard InChI is InChI=1S/C16H21N5O2/c1-13(22)19-8-10-20(11-9-19)16(23)17-6-5-14-12-21-7-3-2-4-15(21)18-14/h2-4,7,12H,5-6,8-11H2,1H3,(H,17,23). The lowest BCUT2D eigenvalue weighted by molar-refractivity contribution is -0.130. The number of hydrogen-bond donors (Lipinski definition) is 1. The monoisotopic (exact) mass is 315 g/mol. The molecule has 0 bridgehead atoms. The number of amides is 3. The van der Waals surface area contributed by atoms with Crippen molar-refractivity contribution in [3.05, 3.63) is 36.3 Å². The number of hydrogen-bond acceptors (Lipinski definition) is 3. The molecule has 0 unspecified atom stereocenters. The van der Waals surface area contributed by atoms with Gasteiger partial charge in [-0.2, -0.15) is 0 Å². The van der Waals surface area contributed by atoms with E-state index in [1.54, 1.807) is 16.7 Å². The first-order valence-electron chi connectivity index (χ1n) is 7.84. The smallest absolute Gasteiger partial charge is 0.317 e. The van der Waals surface area contributed by atoms with Crippen molar-refractivity contribution in [2.75, 3.05) is 32.7 Å². The fourth-order valence-electron chi connectivity index (χ4n) is 2.74. The van der Waals surface area contributed by atoms with E-state index in [2.05, 4.69) is 10.3 Å². The van der Waals surface area contributed by atoms with Gasteiger partial charge in [-0.3, -0.25) is 4.79 Å². The average Bonchev–Trinajstić information content (AvgIpc) is 2.97. The van der Waals surface area contributed by atoms with Crippen molar-refractivity contribution in [1.29, 1.82) is 0 Å². The fourth-order valence-corrected chi connectivity index (χ4v) is 2.74. The summed E-state index contributed by atoms with van der Waals surface area (Å²) in [6.07, 6.45) is 4.63. The summed E-state index contributed by atoms with van der Waals surface area (Å²) < 4.78 is 1.97. The highest BCUT2D eigenvalue weighted by atomic mass is 16.2. The van der Waals surface area contributed by atoms with Crippen LogP contribution in [0.4, 0.5) is 4.79 Å². The van der Waals surface area contributed by atoms with Crippen LogP contribution in [0.2, 0.25) is 0 Å². The zero-order valence-corrected chi connectivity index (χ0v) is 13.2. The summed E-state index contributed by atoms with van der Waals surface area (Å²) >= 11 is 0. The largest absolute Gasteiger partial charge is 0.339 e. The number of carbonyl (C=O) groups excluding carboxylic acids is 2. The lowest BCUT2D eigenvalue weighted by Crippen LogP contribution is -2.52. The van der Waals surface area contributed by atoms with Gasteiger partial charge < -0.3 is 19.5 Å². The van der Waals surface area contributed by atoms with E-state index in [1.165, 1.54) is 0 Å². The van der Waals surface area contributed by atoms with Gasteiger partial charge >= 0.3 is 6.03 Å². The van der Waals surface area contributed by atoms with Crippen LogP contribution in [-0.4, -0.2) is 63.8 Å². The molecule has 3 heterocycles. The van der Waals surface area contributed by atoms with Gasteiger partial charge in [0, 0.05) is 58.5 Å². The number of aromatic nitrogens is 2. The van der Waals surface area contributed by atoms with Crippen LogP contribution in [0.1, 0.15) is 12.6 Å². The number of imidazole rings is 1. The van der Waals surface area contributed by atoms with E-state index >= 15 is 0 Å². The Kier molecular flexibility index (Phi) is 4.45. The van der Waals surface area contributed by atoms with Gasteiger partial charge in [-0.25, -0.2) is 9.78 Å². The van der Waals surface area contributed by atoms with E-state index in [9.17, 15) is 9.59 Å². The van der Waals surface area contributed by atoms with Crippen LogP contribution in [0.3, 0.4) is 0 Å². The molecular formula is C16H21N5O2. The SMILES string of the molecule is CC(=O)N1CCN(C(=O)NCCc2cn3ccccc3n2)CC1. The molecule has 2 aromatic heterocycles. The first-order chi connectivity index (χ1) is 11.1. The molecule has 3 amide bonds. The number of nitrogens with zero attached hydrogens (tertiary/aromatic N) is 4. The van der Waals surface area contributed by atoms with Gasteiger partial charge in [0.15, 0.2) is 0 Å². The quantitative estimate of drug-likeness (QED) is 0.909. The van der Waals surface area contributed by atoms with E-state index in [4.69, 9.17) is 0 Å². The van der Waals surface area contributed by atoms with Gasteiger partial charge in [-0.15, -0.1) is 0 Å². The van der Waals surface area contributed by atoms with Crippen LogP contribution >= 0.6 is 0 Å². The Morgan fingerprint density at radius 1 is 1.17 bits per heavy atom. The van der Waals surface area contributed by atoms with Crippen molar-refractivity contribution in [3.63, 3.8) is 0 Å². The Labute approximate surface area is 134 Å². The van der Waals surface area contributed by atoms with Crippen molar-refractivity contribution >= 4 is 17.6 Å². The van der Waals surface area contributed by atoms with Gasteiger partial charge in [0.2, 0.25) is 5.91 Å². The summed E-state index contributed by atoms with van der Waals surface area (Å²) in [7, 11) is 0. The van der Waals surface area contributed by atoms with Crippen LogP contribution in [0.25, 0.3) is 5.65 Å². The minimum Gasteiger partial charge on any atom is -0.339 e. The summed E-state index contributed by atoms with van der Waals surface area (Å²) in [6.45, 7) is 4.49. The van der Waals surface area contributed by atoms with Gasteiger partial charge in [0.1, 0.15) is 5.65 Å². The Morgan fingerprint density at radius 3 is 2.61 bits per heavy atom. The third-order valence-corrected chi connectivity index (χ3v) is 4.08. The summed E-state index contributed by atoms with van der Waals surface area (Å²) in [6, 6.07) is 5.79. The molecule has 1 fully saturated rings. The van der Waals surface area contributed by atoms with Crippen LogP contribution < -0.4 is 5.32 Å². The topological polar surface area (TPSA) is 70.0 Å². The second-order valence-electron chi connectivity index (χ2n) is 5.67. The fraction of sp³-hybridized carbons (Fsp3) is 0.438. The van der Waals surface area contributed by atoms with Gasteiger partial charge in [-0.05, 0) is 12.1 Å². The van der Waals surface area contributed by atoms with Crippen LogP contribution in [0, 0.1) is 0 Å². The first kappa shape index (κ1) is 15.3. The van der Waals surface area contributed by atoms with E-state index in [0.717, 1.165) is 11.3 Å². The molecule has 7 nitrogen and oxygen atoms in total. The molecule has 122 valence electrons. The number of nitrogens with one attached hydrogen (secondary N) is 1. The lowest BCUT2D eigenvalue weighted by Gasteiger charge is -2.34. The molecule has 0 atom stereocenters. The molecule has 0 aliphatic carbocycles. The van der Waals surface area contributed by atoms with Crippen molar-refractivity contribution < 1.29 is 9.59 Å². The number of pyridine rings is 1. The highest BCUT2D eigenvalue weighted by Gasteiger charge is 2.21. The van der Waals surface area contributed by atoms with Crippen molar-refractivity contribution in [2.45, 2.75) is 13.3 Å². The summed E-state index contributed by atoms with van der Waals surface area (Å²) in [4.78, 5) is 31.4.